The normalized spacial score (nSPS) is 11.9. The number of nitrogens with one attached hydrogen (secondary N) is 1. The molecule has 1 N–H and O–H groups in total. The van der Waals surface area contributed by atoms with Crippen LogP contribution in [0.25, 0.3) is 0 Å². The van der Waals surface area contributed by atoms with E-state index in [-0.39, 0.29) is 17.4 Å². The number of nitro groups is 1. The average Bonchev–Trinajstić information content (AvgIpc) is 2.43. The van der Waals surface area contributed by atoms with E-state index in [0.29, 0.717) is 5.56 Å². The third kappa shape index (κ3) is 2.90. The first-order valence-electron chi connectivity index (χ1n) is 6.11. The van der Waals surface area contributed by atoms with Gasteiger partial charge in [0.25, 0.3) is 5.69 Å². The lowest BCUT2D eigenvalue weighted by Gasteiger charge is -2.15. The maximum Gasteiger partial charge on any atom is 0.295 e. The molecule has 20 heavy (non-hydrogen) atoms. The number of rotatable bonds is 4. The van der Waals surface area contributed by atoms with Crippen LogP contribution < -0.4 is 5.32 Å². The summed E-state index contributed by atoms with van der Waals surface area (Å²) in [5, 5.41) is 14.0. The van der Waals surface area contributed by atoms with E-state index >= 15 is 0 Å². The number of halogens is 1. The summed E-state index contributed by atoms with van der Waals surface area (Å²) in [6.45, 7) is 3.40. The minimum atomic E-state index is -0.601. The quantitative estimate of drug-likeness (QED) is 0.683. The first kappa shape index (κ1) is 13.9. The van der Waals surface area contributed by atoms with Crippen LogP contribution in [-0.4, -0.2) is 9.91 Å². The zero-order chi connectivity index (χ0) is 14.7. The minimum absolute atomic E-state index is 0.222. The molecule has 1 heterocycles. The van der Waals surface area contributed by atoms with Crippen LogP contribution in [0.15, 0.2) is 36.5 Å². The van der Waals surface area contributed by atoms with E-state index in [0.717, 1.165) is 11.8 Å². The van der Waals surface area contributed by atoms with Crippen LogP contribution >= 0.6 is 0 Å². The van der Waals surface area contributed by atoms with Crippen molar-refractivity contribution in [2.75, 3.05) is 5.32 Å². The SMILES string of the molecule is Cc1cc(NC(C)c2ccccn2)c([N+](=O)[O-])cc1F. The van der Waals surface area contributed by atoms with Gasteiger partial charge >= 0.3 is 0 Å². The van der Waals surface area contributed by atoms with Crippen molar-refractivity contribution in [3.8, 4) is 0 Å². The van der Waals surface area contributed by atoms with Gasteiger partial charge in [-0.1, -0.05) is 6.07 Å². The second-order valence-electron chi connectivity index (χ2n) is 4.50. The topological polar surface area (TPSA) is 68.1 Å². The second kappa shape index (κ2) is 5.64. The van der Waals surface area contributed by atoms with Crippen molar-refractivity contribution in [3.05, 3.63) is 63.7 Å². The Kier molecular flexibility index (Phi) is 3.93. The van der Waals surface area contributed by atoms with Crippen molar-refractivity contribution in [2.45, 2.75) is 19.9 Å². The molecule has 0 aliphatic carbocycles. The van der Waals surface area contributed by atoms with Gasteiger partial charge in [-0.25, -0.2) is 4.39 Å². The van der Waals surface area contributed by atoms with Crippen molar-refractivity contribution < 1.29 is 9.31 Å². The van der Waals surface area contributed by atoms with Crippen LogP contribution in [0, 0.1) is 22.9 Å². The van der Waals surface area contributed by atoms with Gasteiger partial charge in [0.15, 0.2) is 0 Å². The van der Waals surface area contributed by atoms with Crippen LogP contribution in [0.2, 0.25) is 0 Å². The summed E-state index contributed by atoms with van der Waals surface area (Å²) in [4.78, 5) is 14.6. The highest BCUT2D eigenvalue weighted by molar-refractivity contribution is 5.63. The highest BCUT2D eigenvalue weighted by atomic mass is 19.1. The van der Waals surface area contributed by atoms with Crippen molar-refractivity contribution in [1.82, 2.24) is 4.98 Å². The molecule has 0 aliphatic rings. The number of hydrogen-bond acceptors (Lipinski definition) is 4. The fourth-order valence-corrected chi connectivity index (χ4v) is 1.88. The van der Waals surface area contributed by atoms with E-state index in [1.807, 2.05) is 19.1 Å². The van der Waals surface area contributed by atoms with Crippen LogP contribution in [0.5, 0.6) is 0 Å². The summed E-state index contributed by atoms with van der Waals surface area (Å²) in [5.74, 6) is -0.590. The standard InChI is InChI=1S/C14H14FN3O2/c1-9-7-13(14(18(19)20)8-11(9)15)17-10(2)12-5-3-4-6-16-12/h3-8,10,17H,1-2H3. The fraction of sp³-hybridized carbons (Fsp3) is 0.214. The Hall–Kier alpha value is -2.50. The molecule has 104 valence electrons. The van der Waals surface area contributed by atoms with Crippen molar-refractivity contribution in [3.63, 3.8) is 0 Å². The van der Waals surface area contributed by atoms with E-state index in [1.165, 1.54) is 6.07 Å². The zero-order valence-corrected chi connectivity index (χ0v) is 11.1. The Morgan fingerprint density at radius 3 is 2.75 bits per heavy atom. The van der Waals surface area contributed by atoms with Crippen LogP contribution in [0.4, 0.5) is 15.8 Å². The monoisotopic (exact) mass is 275 g/mol. The first-order valence-corrected chi connectivity index (χ1v) is 6.11. The first-order chi connectivity index (χ1) is 9.49. The van der Waals surface area contributed by atoms with E-state index in [2.05, 4.69) is 10.3 Å². The summed E-state index contributed by atoms with van der Waals surface area (Å²) in [6, 6.07) is 7.60. The highest BCUT2D eigenvalue weighted by Crippen LogP contribution is 2.30. The van der Waals surface area contributed by atoms with Gasteiger partial charge in [-0.2, -0.15) is 0 Å². The van der Waals surface area contributed by atoms with Gasteiger partial charge in [-0.05, 0) is 37.6 Å². The predicted molar refractivity (Wildman–Crippen MR) is 74.1 cm³/mol. The Morgan fingerprint density at radius 2 is 2.15 bits per heavy atom. The molecule has 1 aromatic carbocycles. The van der Waals surface area contributed by atoms with Gasteiger partial charge in [0.1, 0.15) is 11.5 Å². The van der Waals surface area contributed by atoms with Gasteiger partial charge in [-0.3, -0.25) is 15.1 Å². The molecule has 0 spiro atoms. The van der Waals surface area contributed by atoms with Crippen molar-refractivity contribution >= 4 is 11.4 Å². The van der Waals surface area contributed by atoms with E-state index in [1.54, 1.807) is 19.2 Å². The molecule has 0 fully saturated rings. The Balaban J connectivity index is 2.33. The Morgan fingerprint density at radius 1 is 1.40 bits per heavy atom. The molecule has 5 nitrogen and oxygen atoms in total. The number of aromatic nitrogens is 1. The third-order valence-electron chi connectivity index (χ3n) is 2.98. The second-order valence-corrected chi connectivity index (χ2v) is 4.50. The number of nitro benzene ring substituents is 1. The molecule has 1 aromatic heterocycles. The predicted octanol–water partition coefficient (Wildman–Crippen LogP) is 3.61. The summed E-state index contributed by atoms with van der Waals surface area (Å²) >= 11 is 0. The van der Waals surface area contributed by atoms with E-state index < -0.39 is 10.7 Å². The average molecular weight is 275 g/mol. The molecule has 0 saturated heterocycles. The maximum absolute atomic E-state index is 13.4. The van der Waals surface area contributed by atoms with Gasteiger partial charge in [0.2, 0.25) is 0 Å². The largest absolute Gasteiger partial charge is 0.371 e. The van der Waals surface area contributed by atoms with Crippen LogP contribution in [-0.2, 0) is 0 Å². The molecule has 1 atom stereocenters. The van der Waals surface area contributed by atoms with E-state index in [4.69, 9.17) is 0 Å². The lowest BCUT2D eigenvalue weighted by molar-refractivity contribution is -0.384. The Bertz CT molecular complexity index is 632. The molecule has 1 unspecified atom stereocenters. The van der Waals surface area contributed by atoms with Crippen LogP contribution in [0.3, 0.4) is 0 Å². The summed E-state index contributed by atoms with van der Waals surface area (Å²) in [5.41, 5.74) is 1.11. The number of benzene rings is 1. The fourth-order valence-electron chi connectivity index (χ4n) is 1.88. The highest BCUT2D eigenvalue weighted by Gasteiger charge is 2.19. The number of nitrogens with zero attached hydrogens (tertiary/aromatic N) is 2. The van der Waals surface area contributed by atoms with Gasteiger partial charge in [-0.15, -0.1) is 0 Å². The zero-order valence-electron chi connectivity index (χ0n) is 11.1. The summed E-state index contributed by atoms with van der Waals surface area (Å²) in [6.07, 6.45) is 1.65. The summed E-state index contributed by atoms with van der Waals surface area (Å²) in [7, 11) is 0. The molecular formula is C14H14FN3O2. The molecule has 0 aliphatic heterocycles. The Labute approximate surface area is 115 Å². The van der Waals surface area contributed by atoms with E-state index in [9.17, 15) is 14.5 Å². The molecule has 0 bridgehead atoms. The van der Waals surface area contributed by atoms with Gasteiger partial charge in [0.05, 0.1) is 22.7 Å². The summed E-state index contributed by atoms with van der Waals surface area (Å²) < 4.78 is 13.4. The molecular weight excluding hydrogens is 261 g/mol. The molecule has 6 heteroatoms. The smallest absolute Gasteiger partial charge is 0.295 e. The lowest BCUT2D eigenvalue weighted by atomic mass is 10.1. The number of aryl methyl sites for hydroxylation is 1. The molecule has 0 radical (unpaired) electrons. The molecule has 2 rings (SSSR count). The maximum atomic E-state index is 13.4. The minimum Gasteiger partial charge on any atom is -0.371 e. The number of anilines is 1. The lowest BCUT2D eigenvalue weighted by Crippen LogP contribution is -2.10. The number of hydrogen-bond donors (Lipinski definition) is 1. The van der Waals surface area contributed by atoms with Crippen LogP contribution in [0.1, 0.15) is 24.2 Å². The van der Waals surface area contributed by atoms with Gasteiger partial charge in [0, 0.05) is 6.20 Å². The molecule has 0 saturated carbocycles. The number of pyridine rings is 1. The molecule has 2 aromatic rings. The van der Waals surface area contributed by atoms with Crippen molar-refractivity contribution in [2.24, 2.45) is 0 Å². The van der Waals surface area contributed by atoms with Gasteiger partial charge < -0.3 is 5.32 Å². The van der Waals surface area contributed by atoms with Crippen molar-refractivity contribution in [1.29, 1.82) is 0 Å². The third-order valence-corrected chi connectivity index (χ3v) is 2.98. The molecule has 0 amide bonds.